The van der Waals surface area contributed by atoms with E-state index >= 15 is 0 Å². The van der Waals surface area contributed by atoms with Crippen molar-refractivity contribution in [2.45, 2.75) is 6.92 Å². The maximum absolute atomic E-state index is 11.9. The standard InChI is InChI=1S/C16H12N2O2/c1-8-13-11(15(19)17-16(13)20)7-10-9-5-3-4-6-12(9)18(2)14(8)10/h3-7H,1-2H3,(H,17,19,20). The Labute approximate surface area is 115 Å². The van der Waals surface area contributed by atoms with Gasteiger partial charge >= 0.3 is 0 Å². The first-order chi connectivity index (χ1) is 9.59. The van der Waals surface area contributed by atoms with Crippen LogP contribution >= 0.6 is 0 Å². The van der Waals surface area contributed by atoms with Gasteiger partial charge in [0.2, 0.25) is 0 Å². The number of nitrogens with zero attached hydrogens (tertiary/aromatic N) is 1. The fourth-order valence-corrected chi connectivity index (χ4v) is 3.26. The van der Waals surface area contributed by atoms with Gasteiger partial charge in [-0.1, -0.05) is 18.2 Å². The highest BCUT2D eigenvalue weighted by molar-refractivity contribution is 6.25. The molecular formula is C16H12N2O2. The number of carbonyl (C=O) groups is 2. The summed E-state index contributed by atoms with van der Waals surface area (Å²) in [5.41, 5.74) is 3.96. The van der Waals surface area contributed by atoms with Crippen LogP contribution in [0.25, 0.3) is 21.8 Å². The quantitative estimate of drug-likeness (QED) is 0.634. The van der Waals surface area contributed by atoms with E-state index in [1.807, 2.05) is 44.3 Å². The van der Waals surface area contributed by atoms with Crippen molar-refractivity contribution in [2.75, 3.05) is 0 Å². The molecule has 1 N–H and O–H groups in total. The molecule has 0 radical (unpaired) electrons. The molecule has 4 heteroatoms. The number of nitrogens with one attached hydrogen (secondary N) is 1. The Bertz CT molecular complexity index is 935. The van der Waals surface area contributed by atoms with Gasteiger partial charge in [0, 0.05) is 23.3 Å². The van der Waals surface area contributed by atoms with E-state index in [2.05, 4.69) is 9.88 Å². The monoisotopic (exact) mass is 264 g/mol. The third-order valence-electron chi connectivity index (χ3n) is 4.13. The lowest BCUT2D eigenvalue weighted by molar-refractivity contribution is 0.0879. The summed E-state index contributed by atoms with van der Waals surface area (Å²) in [4.78, 5) is 23.8. The molecule has 4 rings (SSSR count). The molecular weight excluding hydrogens is 252 g/mol. The van der Waals surface area contributed by atoms with Gasteiger partial charge in [-0.25, -0.2) is 0 Å². The Balaban J connectivity index is 2.30. The molecule has 0 saturated heterocycles. The van der Waals surface area contributed by atoms with E-state index in [1.165, 1.54) is 0 Å². The molecule has 0 unspecified atom stereocenters. The second kappa shape index (κ2) is 3.48. The van der Waals surface area contributed by atoms with Crippen molar-refractivity contribution in [3.63, 3.8) is 0 Å². The third kappa shape index (κ3) is 1.16. The van der Waals surface area contributed by atoms with Crippen LogP contribution in [-0.4, -0.2) is 16.4 Å². The van der Waals surface area contributed by atoms with E-state index in [-0.39, 0.29) is 11.8 Å². The minimum atomic E-state index is -0.303. The summed E-state index contributed by atoms with van der Waals surface area (Å²) in [6.07, 6.45) is 0. The predicted molar refractivity (Wildman–Crippen MR) is 77.0 cm³/mol. The first kappa shape index (κ1) is 11.2. The van der Waals surface area contributed by atoms with Crippen LogP contribution in [0.2, 0.25) is 0 Å². The molecule has 2 aromatic carbocycles. The number of aryl methyl sites for hydroxylation is 2. The largest absolute Gasteiger partial charge is 0.343 e. The molecule has 1 aliphatic heterocycles. The number of hydrogen-bond acceptors (Lipinski definition) is 2. The first-order valence-corrected chi connectivity index (χ1v) is 6.46. The smallest absolute Gasteiger partial charge is 0.259 e. The molecule has 2 amide bonds. The minimum absolute atomic E-state index is 0.297. The lowest BCUT2D eigenvalue weighted by Gasteiger charge is -2.05. The number of imide groups is 1. The zero-order valence-corrected chi connectivity index (χ0v) is 11.2. The molecule has 0 bridgehead atoms. The second-order valence-corrected chi connectivity index (χ2v) is 5.18. The van der Waals surface area contributed by atoms with Gasteiger partial charge in [-0.3, -0.25) is 14.9 Å². The summed E-state index contributed by atoms with van der Waals surface area (Å²) in [5.74, 6) is -0.599. The van der Waals surface area contributed by atoms with Crippen LogP contribution in [0.5, 0.6) is 0 Å². The normalized spacial score (nSPS) is 14.1. The summed E-state index contributed by atoms with van der Waals surface area (Å²) in [6.45, 7) is 1.90. The van der Waals surface area contributed by atoms with Crippen molar-refractivity contribution >= 4 is 33.6 Å². The molecule has 0 saturated carbocycles. The van der Waals surface area contributed by atoms with Gasteiger partial charge in [0.05, 0.1) is 16.6 Å². The molecule has 3 aromatic rings. The highest BCUT2D eigenvalue weighted by Crippen LogP contribution is 2.34. The Kier molecular flexibility index (Phi) is 1.95. The van der Waals surface area contributed by atoms with Crippen molar-refractivity contribution < 1.29 is 9.59 Å². The fourth-order valence-electron chi connectivity index (χ4n) is 3.26. The van der Waals surface area contributed by atoms with E-state index in [1.54, 1.807) is 0 Å². The van der Waals surface area contributed by atoms with E-state index < -0.39 is 0 Å². The highest BCUT2D eigenvalue weighted by atomic mass is 16.2. The molecule has 0 spiro atoms. The number of para-hydroxylation sites is 1. The number of carbonyl (C=O) groups excluding carboxylic acids is 2. The molecule has 20 heavy (non-hydrogen) atoms. The fraction of sp³-hybridized carbons (Fsp3) is 0.125. The molecule has 98 valence electrons. The molecule has 1 aromatic heterocycles. The van der Waals surface area contributed by atoms with Crippen LogP contribution in [0.1, 0.15) is 26.3 Å². The Morgan fingerprint density at radius 3 is 2.60 bits per heavy atom. The number of aromatic nitrogens is 1. The van der Waals surface area contributed by atoms with E-state index in [9.17, 15) is 9.59 Å². The summed E-state index contributed by atoms with van der Waals surface area (Å²) in [7, 11) is 1.98. The highest BCUT2D eigenvalue weighted by Gasteiger charge is 2.30. The zero-order chi connectivity index (χ0) is 14.0. The molecule has 0 aliphatic carbocycles. The van der Waals surface area contributed by atoms with Crippen molar-refractivity contribution in [1.82, 2.24) is 9.88 Å². The topological polar surface area (TPSA) is 51.1 Å². The Morgan fingerprint density at radius 1 is 1.05 bits per heavy atom. The SMILES string of the molecule is Cc1c2c(cc3c4ccccc4n(C)c13)C(=O)NC2=O. The predicted octanol–water partition coefficient (Wildman–Crippen LogP) is 2.52. The number of benzene rings is 2. The Morgan fingerprint density at radius 2 is 1.80 bits per heavy atom. The van der Waals surface area contributed by atoms with E-state index in [4.69, 9.17) is 0 Å². The van der Waals surface area contributed by atoms with Crippen molar-refractivity contribution in [1.29, 1.82) is 0 Å². The molecule has 0 fully saturated rings. The van der Waals surface area contributed by atoms with Crippen molar-refractivity contribution in [3.8, 4) is 0 Å². The molecule has 2 heterocycles. The number of amides is 2. The summed E-state index contributed by atoms with van der Waals surface area (Å²) >= 11 is 0. The van der Waals surface area contributed by atoms with Crippen LogP contribution in [0.15, 0.2) is 30.3 Å². The van der Waals surface area contributed by atoms with E-state index in [0.717, 1.165) is 27.4 Å². The van der Waals surface area contributed by atoms with Crippen LogP contribution in [0, 0.1) is 6.92 Å². The lowest BCUT2D eigenvalue weighted by Crippen LogP contribution is -2.20. The summed E-state index contributed by atoms with van der Waals surface area (Å²) in [6, 6.07) is 9.89. The number of hydrogen-bond donors (Lipinski definition) is 1. The lowest BCUT2D eigenvalue weighted by atomic mass is 9.99. The average molecular weight is 264 g/mol. The maximum atomic E-state index is 11.9. The van der Waals surface area contributed by atoms with Crippen LogP contribution in [0.3, 0.4) is 0 Å². The third-order valence-corrected chi connectivity index (χ3v) is 4.13. The summed E-state index contributed by atoms with van der Waals surface area (Å²) in [5, 5.41) is 4.49. The number of fused-ring (bicyclic) bond motifs is 4. The van der Waals surface area contributed by atoms with Crippen LogP contribution < -0.4 is 5.32 Å². The summed E-state index contributed by atoms with van der Waals surface area (Å²) < 4.78 is 2.08. The van der Waals surface area contributed by atoms with Gasteiger partial charge in [-0.2, -0.15) is 0 Å². The van der Waals surface area contributed by atoms with Crippen molar-refractivity contribution in [3.05, 3.63) is 47.0 Å². The van der Waals surface area contributed by atoms with Crippen LogP contribution in [-0.2, 0) is 7.05 Å². The van der Waals surface area contributed by atoms with Gasteiger partial charge in [0.25, 0.3) is 11.8 Å². The second-order valence-electron chi connectivity index (χ2n) is 5.18. The van der Waals surface area contributed by atoms with Crippen molar-refractivity contribution in [2.24, 2.45) is 7.05 Å². The van der Waals surface area contributed by atoms with Crippen LogP contribution in [0.4, 0.5) is 0 Å². The van der Waals surface area contributed by atoms with Gasteiger partial charge in [0.1, 0.15) is 0 Å². The number of rotatable bonds is 0. The first-order valence-electron chi connectivity index (χ1n) is 6.46. The van der Waals surface area contributed by atoms with Gasteiger partial charge < -0.3 is 4.57 Å². The van der Waals surface area contributed by atoms with Gasteiger partial charge in [0.15, 0.2) is 0 Å². The van der Waals surface area contributed by atoms with E-state index in [0.29, 0.717) is 11.1 Å². The Hall–Kier alpha value is -2.62. The maximum Gasteiger partial charge on any atom is 0.259 e. The van der Waals surface area contributed by atoms with Gasteiger partial charge in [-0.15, -0.1) is 0 Å². The average Bonchev–Trinajstić information content (AvgIpc) is 2.88. The molecule has 4 nitrogen and oxygen atoms in total. The minimum Gasteiger partial charge on any atom is -0.343 e. The zero-order valence-electron chi connectivity index (χ0n) is 11.2. The molecule has 1 aliphatic rings. The molecule has 0 atom stereocenters. The van der Waals surface area contributed by atoms with Gasteiger partial charge in [-0.05, 0) is 24.6 Å².